The van der Waals surface area contributed by atoms with Gasteiger partial charge in [-0.2, -0.15) is 0 Å². The second kappa shape index (κ2) is 8.13. The van der Waals surface area contributed by atoms with Gasteiger partial charge in [0.15, 0.2) is 0 Å². The molecule has 1 aromatic rings. The van der Waals surface area contributed by atoms with Gasteiger partial charge in [0.25, 0.3) is 0 Å². The minimum Gasteiger partial charge on any atom is -0.381 e. The number of nitrogens with one attached hydrogen (secondary N) is 1. The molecule has 114 valence electrons. The fourth-order valence-electron chi connectivity index (χ4n) is 2.88. The lowest BCUT2D eigenvalue weighted by Crippen LogP contribution is -2.44. The van der Waals surface area contributed by atoms with Gasteiger partial charge in [-0.05, 0) is 37.4 Å². The molecule has 1 aliphatic rings. The zero-order valence-corrected chi connectivity index (χ0v) is 13.7. The van der Waals surface area contributed by atoms with Gasteiger partial charge in [-0.3, -0.25) is 4.90 Å². The highest BCUT2D eigenvalue weighted by Gasteiger charge is 2.36. The normalized spacial score (nSPS) is 22.8. The van der Waals surface area contributed by atoms with Crippen molar-refractivity contribution in [2.75, 3.05) is 39.4 Å². The van der Waals surface area contributed by atoms with E-state index in [2.05, 4.69) is 41.6 Å². The summed E-state index contributed by atoms with van der Waals surface area (Å²) in [6, 6.07) is 4.38. The summed E-state index contributed by atoms with van der Waals surface area (Å²) >= 11 is 1.86. The molecular formula is C16H28N2OS. The molecule has 20 heavy (non-hydrogen) atoms. The van der Waals surface area contributed by atoms with Crippen molar-refractivity contribution in [1.82, 2.24) is 10.2 Å². The third-order valence-corrected chi connectivity index (χ3v) is 4.94. The van der Waals surface area contributed by atoms with Gasteiger partial charge in [0, 0.05) is 36.5 Å². The summed E-state index contributed by atoms with van der Waals surface area (Å²) in [5.74, 6) is 0. The molecule has 1 fully saturated rings. The van der Waals surface area contributed by atoms with E-state index in [1.54, 1.807) is 0 Å². The first-order chi connectivity index (χ1) is 9.78. The Balaban J connectivity index is 1.91. The molecule has 0 amide bonds. The molecule has 1 saturated heterocycles. The van der Waals surface area contributed by atoms with E-state index in [-0.39, 0.29) is 0 Å². The molecule has 3 nitrogen and oxygen atoms in total. The number of rotatable bonds is 9. The molecule has 1 aromatic heterocycles. The van der Waals surface area contributed by atoms with Crippen LogP contribution in [0.4, 0.5) is 0 Å². The van der Waals surface area contributed by atoms with E-state index >= 15 is 0 Å². The Morgan fingerprint density at radius 2 is 2.35 bits per heavy atom. The first-order valence-corrected chi connectivity index (χ1v) is 8.69. The lowest BCUT2D eigenvalue weighted by Gasteiger charge is -2.34. The van der Waals surface area contributed by atoms with E-state index in [4.69, 9.17) is 4.74 Å². The van der Waals surface area contributed by atoms with Crippen molar-refractivity contribution >= 4 is 11.3 Å². The van der Waals surface area contributed by atoms with Crippen LogP contribution in [0.15, 0.2) is 17.5 Å². The number of ether oxygens (including phenoxy) is 1. The summed E-state index contributed by atoms with van der Waals surface area (Å²) in [6.07, 6.45) is 2.38. The Morgan fingerprint density at radius 3 is 2.95 bits per heavy atom. The molecule has 0 saturated carbocycles. The van der Waals surface area contributed by atoms with E-state index in [0.29, 0.717) is 5.41 Å². The lowest BCUT2D eigenvalue weighted by molar-refractivity contribution is 0.108. The smallest absolute Gasteiger partial charge is 0.0547 e. The summed E-state index contributed by atoms with van der Waals surface area (Å²) < 4.78 is 5.71. The van der Waals surface area contributed by atoms with Crippen LogP contribution in [-0.2, 0) is 11.3 Å². The highest BCUT2D eigenvalue weighted by atomic mass is 32.1. The van der Waals surface area contributed by atoms with Crippen LogP contribution in [0.2, 0.25) is 0 Å². The molecule has 1 atom stereocenters. The predicted molar refractivity (Wildman–Crippen MR) is 86.3 cm³/mol. The second-order valence-corrected chi connectivity index (χ2v) is 6.89. The Labute approximate surface area is 127 Å². The minimum atomic E-state index is 0.308. The summed E-state index contributed by atoms with van der Waals surface area (Å²) in [5, 5.41) is 5.77. The second-order valence-electron chi connectivity index (χ2n) is 5.86. The summed E-state index contributed by atoms with van der Waals surface area (Å²) in [4.78, 5) is 4.02. The molecule has 4 heteroatoms. The maximum Gasteiger partial charge on any atom is 0.0547 e. The van der Waals surface area contributed by atoms with E-state index < -0.39 is 0 Å². The summed E-state index contributed by atoms with van der Waals surface area (Å²) in [6.45, 7) is 11.8. The average Bonchev–Trinajstić information content (AvgIpc) is 3.11. The Hall–Kier alpha value is -0.420. The van der Waals surface area contributed by atoms with Crippen LogP contribution in [0.3, 0.4) is 0 Å². The van der Waals surface area contributed by atoms with Crippen molar-refractivity contribution in [3.63, 3.8) is 0 Å². The largest absolute Gasteiger partial charge is 0.381 e. The van der Waals surface area contributed by atoms with E-state index in [1.165, 1.54) is 17.7 Å². The number of hydrogen-bond acceptors (Lipinski definition) is 4. The topological polar surface area (TPSA) is 24.5 Å². The molecule has 0 spiro atoms. The molecule has 2 rings (SSSR count). The molecule has 0 bridgehead atoms. The zero-order valence-electron chi connectivity index (χ0n) is 12.9. The van der Waals surface area contributed by atoms with Crippen LogP contribution in [0, 0.1) is 5.41 Å². The van der Waals surface area contributed by atoms with Crippen LogP contribution in [0.1, 0.15) is 31.6 Å². The highest BCUT2D eigenvalue weighted by Crippen LogP contribution is 2.30. The average molecular weight is 296 g/mol. The van der Waals surface area contributed by atoms with Crippen molar-refractivity contribution < 1.29 is 4.74 Å². The molecule has 1 aliphatic heterocycles. The molecule has 2 heterocycles. The molecule has 0 aliphatic carbocycles. The third kappa shape index (κ3) is 4.55. The fraction of sp³-hybridized carbons (Fsp3) is 0.750. The van der Waals surface area contributed by atoms with Gasteiger partial charge in [-0.15, -0.1) is 11.3 Å². The Kier molecular flexibility index (Phi) is 6.49. The third-order valence-electron chi connectivity index (χ3n) is 4.08. The molecule has 0 radical (unpaired) electrons. The van der Waals surface area contributed by atoms with Crippen molar-refractivity contribution in [3.05, 3.63) is 22.4 Å². The molecular weight excluding hydrogens is 268 g/mol. The maximum atomic E-state index is 5.71. The van der Waals surface area contributed by atoms with Gasteiger partial charge in [0.2, 0.25) is 0 Å². The quantitative estimate of drug-likeness (QED) is 0.709. The van der Waals surface area contributed by atoms with Crippen LogP contribution in [-0.4, -0.2) is 44.3 Å². The van der Waals surface area contributed by atoms with E-state index in [1.807, 2.05) is 11.3 Å². The minimum absolute atomic E-state index is 0.308. The summed E-state index contributed by atoms with van der Waals surface area (Å²) in [5.41, 5.74) is 0.308. The van der Waals surface area contributed by atoms with E-state index in [9.17, 15) is 0 Å². The monoisotopic (exact) mass is 296 g/mol. The molecule has 0 aromatic carbocycles. The lowest BCUT2D eigenvalue weighted by atomic mass is 9.86. The molecule has 1 unspecified atom stereocenters. The zero-order chi connectivity index (χ0) is 14.3. The number of hydrogen-bond donors (Lipinski definition) is 1. The SMILES string of the molecule is CCCNCC1(CN(CC)Cc2cccs2)CCOC1. The Bertz CT molecular complexity index is 361. The van der Waals surface area contributed by atoms with Gasteiger partial charge in [-0.1, -0.05) is 19.9 Å². The Morgan fingerprint density at radius 1 is 1.45 bits per heavy atom. The number of thiophene rings is 1. The van der Waals surface area contributed by atoms with Gasteiger partial charge < -0.3 is 10.1 Å². The van der Waals surface area contributed by atoms with Crippen molar-refractivity contribution in [2.24, 2.45) is 5.41 Å². The van der Waals surface area contributed by atoms with Crippen LogP contribution in [0.5, 0.6) is 0 Å². The van der Waals surface area contributed by atoms with Gasteiger partial charge in [0.05, 0.1) is 6.61 Å². The first kappa shape index (κ1) is 16.0. The van der Waals surface area contributed by atoms with Crippen molar-refractivity contribution in [2.45, 2.75) is 33.2 Å². The van der Waals surface area contributed by atoms with Gasteiger partial charge >= 0.3 is 0 Å². The van der Waals surface area contributed by atoms with Crippen LogP contribution < -0.4 is 5.32 Å². The van der Waals surface area contributed by atoms with Crippen LogP contribution >= 0.6 is 11.3 Å². The van der Waals surface area contributed by atoms with Crippen LogP contribution in [0.25, 0.3) is 0 Å². The maximum absolute atomic E-state index is 5.71. The first-order valence-electron chi connectivity index (χ1n) is 7.81. The summed E-state index contributed by atoms with van der Waals surface area (Å²) in [7, 11) is 0. The standard InChI is InChI=1S/C16H28N2OS/c1-3-8-17-12-16(7-9-19-14-16)13-18(4-2)11-15-6-5-10-20-15/h5-6,10,17H,3-4,7-9,11-14H2,1-2H3. The van der Waals surface area contributed by atoms with Gasteiger partial charge in [-0.25, -0.2) is 0 Å². The predicted octanol–water partition coefficient (Wildman–Crippen LogP) is 2.98. The van der Waals surface area contributed by atoms with Crippen molar-refractivity contribution in [1.29, 1.82) is 0 Å². The van der Waals surface area contributed by atoms with Gasteiger partial charge in [0.1, 0.15) is 0 Å². The van der Waals surface area contributed by atoms with E-state index in [0.717, 1.165) is 45.9 Å². The fourth-order valence-corrected chi connectivity index (χ4v) is 3.62. The van der Waals surface area contributed by atoms with Crippen molar-refractivity contribution in [3.8, 4) is 0 Å². The number of nitrogens with zero attached hydrogens (tertiary/aromatic N) is 1. The molecule has 1 N–H and O–H groups in total. The highest BCUT2D eigenvalue weighted by molar-refractivity contribution is 7.09.